The quantitative estimate of drug-likeness (QED) is 0.683. The molecule has 5 nitrogen and oxygen atoms in total. The lowest BCUT2D eigenvalue weighted by atomic mass is 10.4. The molecule has 0 atom stereocenters. The van der Waals surface area contributed by atoms with Crippen LogP contribution in [0.3, 0.4) is 0 Å². The van der Waals surface area contributed by atoms with Crippen molar-refractivity contribution in [2.75, 3.05) is 0 Å². The van der Waals surface area contributed by atoms with Crippen LogP contribution < -0.4 is 0 Å². The highest BCUT2D eigenvalue weighted by Crippen LogP contribution is 2.03. The monoisotopic (exact) mass is 191 g/mol. The zero-order chi connectivity index (χ0) is 10.4. The van der Waals surface area contributed by atoms with Gasteiger partial charge in [-0.2, -0.15) is 10.2 Å². The predicted octanol–water partition coefficient (Wildman–Crippen LogP) is 1.39. The lowest BCUT2D eigenvalue weighted by molar-refractivity contribution is 0.719. The van der Waals surface area contributed by atoms with Crippen LogP contribution in [0, 0.1) is 6.92 Å². The molecule has 2 aromatic rings. The lowest BCUT2D eigenvalue weighted by Gasteiger charge is -1.99. The van der Waals surface area contributed by atoms with Crippen molar-refractivity contribution in [1.82, 2.24) is 25.0 Å². The Balaban J connectivity index is 0.000000461. The Kier molecular flexibility index (Phi) is 3.72. The highest BCUT2D eigenvalue weighted by atomic mass is 15.5. The minimum atomic E-state index is 0.718. The summed E-state index contributed by atoms with van der Waals surface area (Å²) in [7, 11) is 0. The van der Waals surface area contributed by atoms with E-state index in [-0.39, 0.29) is 0 Å². The molecule has 0 aliphatic carbocycles. The molecule has 0 fully saturated rings. The average Bonchev–Trinajstić information content (AvgIpc) is 2.75. The van der Waals surface area contributed by atoms with E-state index < -0.39 is 0 Å². The van der Waals surface area contributed by atoms with Gasteiger partial charge in [0.2, 0.25) is 0 Å². The number of aryl methyl sites for hydroxylation is 1. The van der Waals surface area contributed by atoms with Gasteiger partial charge in [0, 0.05) is 11.8 Å². The molecule has 0 aromatic carbocycles. The van der Waals surface area contributed by atoms with Crippen molar-refractivity contribution in [1.29, 1.82) is 0 Å². The number of hydrogen-bond acceptors (Lipinski definition) is 4. The van der Waals surface area contributed by atoms with Crippen LogP contribution in [0.15, 0.2) is 24.9 Å². The molecule has 0 bridgehead atoms. The summed E-state index contributed by atoms with van der Waals surface area (Å²) in [4.78, 5) is 9.39. The van der Waals surface area contributed by atoms with Gasteiger partial charge in [0.25, 0.3) is 0 Å². The highest BCUT2D eigenvalue weighted by Gasteiger charge is 2.01. The number of hydrogen-bond donors (Lipinski definition) is 0. The van der Waals surface area contributed by atoms with Gasteiger partial charge in [0.15, 0.2) is 5.82 Å². The molecule has 2 aromatic heterocycles. The summed E-state index contributed by atoms with van der Waals surface area (Å²) in [6.07, 6.45) is 6.43. The van der Waals surface area contributed by atoms with E-state index in [0.717, 1.165) is 11.4 Å². The van der Waals surface area contributed by atoms with Gasteiger partial charge in [-0.05, 0) is 6.92 Å². The third kappa shape index (κ3) is 2.12. The Morgan fingerprint density at radius 3 is 2.36 bits per heavy atom. The van der Waals surface area contributed by atoms with Crippen LogP contribution in [0.5, 0.6) is 0 Å². The fourth-order valence-electron chi connectivity index (χ4n) is 0.927. The lowest BCUT2D eigenvalue weighted by Crippen LogP contribution is -2.03. The normalized spacial score (nSPS) is 9.07. The molecule has 0 aliphatic rings. The number of rotatable bonds is 1. The van der Waals surface area contributed by atoms with E-state index in [9.17, 15) is 0 Å². The second-order valence-corrected chi connectivity index (χ2v) is 2.35. The van der Waals surface area contributed by atoms with E-state index in [1.54, 1.807) is 18.6 Å². The minimum absolute atomic E-state index is 0.718. The Bertz CT molecular complexity index is 368. The summed E-state index contributed by atoms with van der Waals surface area (Å²) in [6, 6.07) is 0. The van der Waals surface area contributed by atoms with Gasteiger partial charge in [0.05, 0.1) is 12.4 Å². The third-order valence-electron chi connectivity index (χ3n) is 1.48. The van der Waals surface area contributed by atoms with Crippen LogP contribution in [-0.2, 0) is 0 Å². The molecule has 0 radical (unpaired) electrons. The SMILES string of the molecule is CC.Cc1cncnc1-n1nccn1. The van der Waals surface area contributed by atoms with Crippen LogP contribution >= 0.6 is 0 Å². The zero-order valence-electron chi connectivity index (χ0n) is 8.55. The molecule has 74 valence electrons. The van der Waals surface area contributed by atoms with E-state index in [1.165, 1.54) is 11.1 Å². The summed E-state index contributed by atoms with van der Waals surface area (Å²) in [6.45, 7) is 5.92. The average molecular weight is 191 g/mol. The summed E-state index contributed by atoms with van der Waals surface area (Å²) >= 11 is 0. The molecule has 0 N–H and O–H groups in total. The summed E-state index contributed by atoms with van der Waals surface area (Å²) in [5.74, 6) is 0.718. The second-order valence-electron chi connectivity index (χ2n) is 2.35. The van der Waals surface area contributed by atoms with Crippen molar-refractivity contribution < 1.29 is 0 Å². The van der Waals surface area contributed by atoms with E-state index >= 15 is 0 Å². The maximum Gasteiger partial charge on any atom is 0.180 e. The molecule has 0 aliphatic heterocycles. The topological polar surface area (TPSA) is 56.5 Å². The Hall–Kier alpha value is -1.78. The van der Waals surface area contributed by atoms with Crippen molar-refractivity contribution in [2.45, 2.75) is 20.8 Å². The van der Waals surface area contributed by atoms with Crippen molar-refractivity contribution >= 4 is 0 Å². The fourth-order valence-corrected chi connectivity index (χ4v) is 0.927. The molecule has 14 heavy (non-hydrogen) atoms. The van der Waals surface area contributed by atoms with Crippen molar-refractivity contribution in [3.05, 3.63) is 30.5 Å². The van der Waals surface area contributed by atoms with Gasteiger partial charge < -0.3 is 0 Å². The predicted molar refractivity (Wildman–Crippen MR) is 53.0 cm³/mol. The minimum Gasteiger partial charge on any atom is -0.244 e. The molecular formula is C9H13N5. The first-order valence-electron chi connectivity index (χ1n) is 4.51. The first-order valence-corrected chi connectivity index (χ1v) is 4.51. The Morgan fingerprint density at radius 2 is 1.79 bits per heavy atom. The zero-order valence-corrected chi connectivity index (χ0v) is 8.55. The number of aromatic nitrogens is 5. The van der Waals surface area contributed by atoms with Crippen molar-refractivity contribution in [3.63, 3.8) is 0 Å². The highest BCUT2D eigenvalue weighted by molar-refractivity contribution is 5.26. The molecule has 2 heterocycles. The standard InChI is InChI=1S/C7H7N5.C2H6/c1-6-4-8-5-9-7(6)12-10-2-3-11-12;1-2/h2-5H,1H3;1-2H3. The third-order valence-corrected chi connectivity index (χ3v) is 1.48. The van der Waals surface area contributed by atoms with Gasteiger partial charge in [0.1, 0.15) is 6.33 Å². The van der Waals surface area contributed by atoms with Gasteiger partial charge in [-0.15, -0.1) is 4.80 Å². The molecular weight excluding hydrogens is 178 g/mol. The van der Waals surface area contributed by atoms with Crippen molar-refractivity contribution in [3.8, 4) is 5.82 Å². The van der Waals surface area contributed by atoms with E-state index in [4.69, 9.17) is 0 Å². The summed E-state index contributed by atoms with van der Waals surface area (Å²) < 4.78 is 0. The maximum atomic E-state index is 4.05. The Morgan fingerprint density at radius 1 is 1.14 bits per heavy atom. The van der Waals surface area contributed by atoms with Gasteiger partial charge >= 0.3 is 0 Å². The molecule has 0 saturated carbocycles. The smallest absolute Gasteiger partial charge is 0.180 e. The Labute approximate surface area is 82.8 Å². The summed E-state index contributed by atoms with van der Waals surface area (Å²) in [5, 5.41) is 7.93. The van der Waals surface area contributed by atoms with Crippen LogP contribution in [0.1, 0.15) is 19.4 Å². The fraction of sp³-hybridized carbons (Fsp3) is 0.333. The molecule has 5 heteroatoms. The van der Waals surface area contributed by atoms with Gasteiger partial charge in [-0.1, -0.05) is 13.8 Å². The van der Waals surface area contributed by atoms with E-state index in [2.05, 4.69) is 20.2 Å². The van der Waals surface area contributed by atoms with Crippen LogP contribution in [0.4, 0.5) is 0 Å². The number of nitrogens with zero attached hydrogens (tertiary/aromatic N) is 5. The summed E-state index contributed by atoms with van der Waals surface area (Å²) in [5.41, 5.74) is 0.953. The molecule has 0 saturated heterocycles. The van der Waals surface area contributed by atoms with Crippen LogP contribution in [-0.4, -0.2) is 25.0 Å². The van der Waals surface area contributed by atoms with E-state index in [1.807, 2.05) is 20.8 Å². The van der Waals surface area contributed by atoms with Gasteiger partial charge in [-0.25, -0.2) is 9.97 Å². The second kappa shape index (κ2) is 5.06. The first-order chi connectivity index (χ1) is 6.88. The largest absolute Gasteiger partial charge is 0.244 e. The van der Waals surface area contributed by atoms with Crippen molar-refractivity contribution in [2.24, 2.45) is 0 Å². The molecule has 0 amide bonds. The van der Waals surface area contributed by atoms with Crippen LogP contribution in [0.2, 0.25) is 0 Å². The first kappa shape index (κ1) is 10.3. The molecule has 0 spiro atoms. The maximum absolute atomic E-state index is 4.05. The van der Waals surface area contributed by atoms with Crippen LogP contribution in [0.25, 0.3) is 5.82 Å². The molecule has 0 unspecified atom stereocenters. The van der Waals surface area contributed by atoms with E-state index in [0.29, 0.717) is 0 Å². The molecule has 2 rings (SSSR count). The van der Waals surface area contributed by atoms with Gasteiger partial charge in [-0.3, -0.25) is 0 Å².